The lowest BCUT2D eigenvalue weighted by atomic mass is 10.0. The first-order chi connectivity index (χ1) is 7.29. The maximum absolute atomic E-state index is 3.70. The largest absolute Gasteiger partial charge is 0.310 e. The van der Waals surface area contributed by atoms with Crippen molar-refractivity contribution in [3.8, 4) is 0 Å². The summed E-state index contributed by atoms with van der Waals surface area (Å²) in [7, 11) is 0. The Kier molecular flexibility index (Phi) is 3.81. The highest BCUT2D eigenvalue weighted by molar-refractivity contribution is 9.10. The molecular formula is C13H18BrN. The van der Waals surface area contributed by atoms with Crippen molar-refractivity contribution in [3.63, 3.8) is 0 Å². The van der Waals surface area contributed by atoms with Crippen LogP contribution >= 0.6 is 15.9 Å². The van der Waals surface area contributed by atoms with E-state index in [4.69, 9.17) is 0 Å². The fourth-order valence-electron chi connectivity index (χ4n) is 2.23. The molecule has 1 aliphatic heterocycles. The molecule has 2 heteroatoms. The molecule has 1 fully saturated rings. The Morgan fingerprint density at radius 2 is 2.13 bits per heavy atom. The molecule has 0 aromatic heterocycles. The molecule has 1 nitrogen and oxygen atoms in total. The van der Waals surface area contributed by atoms with Crippen LogP contribution in [0.15, 0.2) is 22.7 Å². The highest BCUT2D eigenvalue weighted by Crippen LogP contribution is 2.30. The third kappa shape index (κ3) is 2.61. The van der Waals surface area contributed by atoms with Gasteiger partial charge in [0.1, 0.15) is 0 Å². The van der Waals surface area contributed by atoms with Crippen LogP contribution in [0.2, 0.25) is 0 Å². The average Bonchev–Trinajstić information content (AvgIpc) is 2.50. The second-order valence-corrected chi connectivity index (χ2v) is 5.13. The molecule has 0 amide bonds. The predicted octanol–water partition coefficient (Wildman–Crippen LogP) is 3.96. The summed E-state index contributed by atoms with van der Waals surface area (Å²) in [5.74, 6) is 0. The van der Waals surface area contributed by atoms with E-state index in [2.05, 4.69) is 46.4 Å². The van der Waals surface area contributed by atoms with Gasteiger partial charge in [0, 0.05) is 10.5 Å². The molecule has 82 valence electrons. The normalized spacial score (nSPS) is 22.4. The monoisotopic (exact) mass is 267 g/mol. The maximum atomic E-state index is 3.70. The van der Waals surface area contributed by atoms with Crippen LogP contribution in [-0.2, 0) is 0 Å². The summed E-state index contributed by atoms with van der Waals surface area (Å²) in [5, 5.41) is 3.64. The molecular weight excluding hydrogens is 250 g/mol. The highest BCUT2D eigenvalue weighted by atomic mass is 79.9. The second-order valence-electron chi connectivity index (χ2n) is 4.33. The minimum atomic E-state index is 0.543. The van der Waals surface area contributed by atoms with Gasteiger partial charge in [-0.25, -0.2) is 0 Å². The fraction of sp³-hybridized carbons (Fsp3) is 0.538. The molecule has 1 aromatic rings. The molecule has 1 unspecified atom stereocenters. The van der Waals surface area contributed by atoms with Crippen molar-refractivity contribution in [2.45, 2.75) is 38.6 Å². The summed E-state index contributed by atoms with van der Waals surface area (Å²) in [4.78, 5) is 0. The lowest BCUT2D eigenvalue weighted by Crippen LogP contribution is -2.20. The lowest BCUT2D eigenvalue weighted by Gasteiger charge is -2.18. The van der Waals surface area contributed by atoms with E-state index in [0.717, 1.165) is 6.54 Å². The zero-order chi connectivity index (χ0) is 10.7. The Bertz CT molecular complexity index is 327. The summed E-state index contributed by atoms with van der Waals surface area (Å²) in [6, 6.07) is 7.09. The van der Waals surface area contributed by atoms with Crippen LogP contribution in [0.5, 0.6) is 0 Å². The van der Waals surface area contributed by atoms with Gasteiger partial charge in [0.05, 0.1) is 0 Å². The summed E-state index contributed by atoms with van der Waals surface area (Å²) >= 11 is 3.70. The first kappa shape index (κ1) is 11.2. The fourth-order valence-corrected chi connectivity index (χ4v) is 2.77. The Labute approximate surface area is 100 Å². The molecule has 0 saturated carbocycles. The second kappa shape index (κ2) is 5.13. The SMILES string of the molecule is Cc1cccc(C2CCCCCN2)c1Br. The van der Waals surface area contributed by atoms with Gasteiger partial charge in [-0.3, -0.25) is 0 Å². The van der Waals surface area contributed by atoms with E-state index < -0.39 is 0 Å². The molecule has 1 aromatic carbocycles. The van der Waals surface area contributed by atoms with Gasteiger partial charge in [-0.2, -0.15) is 0 Å². The van der Waals surface area contributed by atoms with E-state index >= 15 is 0 Å². The zero-order valence-electron chi connectivity index (χ0n) is 9.22. The van der Waals surface area contributed by atoms with Crippen molar-refractivity contribution in [2.75, 3.05) is 6.54 Å². The number of rotatable bonds is 1. The quantitative estimate of drug-likeness (QED) is 0.812. The molecule has 0 aliphatic carbocycles. The van der Waals surface area contributed by atoms with Gasteiger partial charge in [-0.1, -0.05) is 47.0 Å². The third-order valence-corrected chi connectivity index (χ3v) is 4.24. The first-order valence-corrected chi connectivity index (χ1v) is 6.57. The molecule has 0 radical (unpaired) electrons. The summed E-state index contributed by atoms with van der Waals surface area (Å²) < 4.78 is 1.28. The van der Waals surface area contributed by atoms with Gasteiger partial charge >= 0.3 is 0 Å². The maximum Gasteiger partial charge on any atom is 0.0331 e. The Balaban J connectivity index is 2.23. The third-order valence-electron chi connectivity index (χ3n) is 3.16. The molecule has 1 atom stereocenters. The first-order valence-electron chi connectivity index (χ1n) is 5.77. The van der Waals surface area contributed by atoms with Crippen LogP contribution in [0.1, 0.15) is 42.9 Å². The van der Waals surface area contributed by atoms with Crippen molar-refractivity contribution in [1.29, 1.82) is 0 Å². The van der Waals surface area contributed by atoms with Crippen molar-refractivity contribution in [1.82, 2.24) is 5.32 Å². The van der Waals surface area contributed by atoms with Gasteiger partial charge < -0.3 is 5.32 Å². The van der Waals surface area contributed by atoms with Gasteiger partial charge in [-0.15, -0.1) is 0 Å². The minimum absolute atomic E-state index is 0.543. The Hall–Kier alpha value is -0.340. The number of hydrogen-bond donors (Lipinski definition) is 1. The number of aryl methyl sites for hydroxylation is 1. The Morgan fingerprint density at radius 1 is 1.27 bits per heavy atom. The topological polar surface area (TPSA) is 12.0 Å². The van der Waals surface area contributed by atoms with Crippen molar-refractivity contribution in [3.05, 3.63) is 33.8 Å². The molecule has 0 spiro atoms. The van der Waals surface area contributed by atoms with Crippen LogP contribution in [0.4, 0.5) is 0 Å². The van der Waals surface area contributed by atoms with E-state index in [1.165, 1.54) is 41.3 Å². The molecule has 1 aliphatic rings. The molecule has 1 heterocycles. The molecule has 2 rings (SSSR count). The molecule has 1 saturated heterocycles. The number of hydrogen-bond acceptors (Lipinski definition) is 1. The molecule has 15 heavy (non-hydrogen) atoms. The van der Waals surface area contributed by atoms with E-state index in [-0.39, 0.29) is 0 Å². The molecule has 0 bridgehead atoms. The summed E-state index contributed by atoms with van der Waals surface area (Å²) in [6.07, 6.45) is 5.30. The van der Waals surface area contributed by atoms with Gasteiger partial charge in [0.15, 0.2) is 0 Å². The van der Waals surface area contributed by atoms with Crippen LogP contribution in [0, 0.1) is 6.92 Å². The van der Waals surface area contributed by atoms with Crippen LogP contribution in [0.3, 0.4) is 0 Å². The van der Waals surface area contributed by atoms with Gasteiger partial charge in [-0.05, 0) is 37.4 Å². The highest BCUT2D eigenvalue weighted by Gasteiger charge is 2.16. The van der Waals surface area contributed by atoms with Crippen molar-refractivity contribution >= 4 is 15.9 Å². The summed E-state index contributed by atoms with van der Waals surface area (Å²) in [6.45, 7) is 3.31. The average molecular weight is 268 g/mol. The number of nitrogens with one attached hydrogen (secondary N) is 1. The zero-order valence-corrected chi connectivity index (χ0v) is 10.8. The predicted molar refractivity (Wildman–Crippen MR) is 68.1 cm³/mol. The Morgan fingerprint density at radius 3 is 3.00 bits per heavy atom. The van der Waals surface area contributed by atoms with Crippen molar-refractivity contribution < 1.29 is 0 Å². The van der Waals surface area contributed by atoms with Crippen molar-refractivity contribution in [2.24, 2.45) is 0 Å². The van der Waals surface area contributed by atoms with E-state index in [0.29, 0.717) is 6.04 Å². The minimum Gasteiger partial charge on any atom is -0.310 e. The molecule has 1 N–H and O–H groups in total. The van der Waals surface area contributed by atoms with Crippen LogP contribution < -0.4 is 5.32 Å². The number of halogens is 1. The van der Waals surface area contributed by atoms with Crippen LogP contribution in [-0.4, -0.2) is 6.54 Å². The van der Waals surface area contributed by atoms with E-state index in [1.54, 1.807) is 0 Å². The van der Waals surface area contributed by atoms with Gasteiger partial charge in [0.2, 0.25) is 0 Å². The van der Waals surface area contributed by atoms with E-state index in [9.17, 15) is 0 Å². The van der Waals surface area contributed by atoms with Gasteiger partial charge in [0.25, 0.3) is 0 Å². The standard InChI is InChI=1S/C13H18BrN/c1-10-6-5-7-11(13(10)14)12-8-3-2-4-9-15-12/h5-7,12,15H,2-4,8-9H2,1H3. The number of benzene rings is 1. The van der Waals surface area contributed by atoms with Crippen LogP contribution in [0.25, 0.3) is 0 Å². The summed E-state index contributed by atoms with van der Waals surface area (Å²) in [5.41, 5.74) is 2.76. The lowest BCUT2D eigenvalue weighted by molar-refractivity contribution is 0.532. The van der Waals surface area contributed by atoms with E-state index in [1.807, 2.05) is 0 Å². The smallest absolute Gasteiger partial charge is 0.0331 e.